The second kappa shape index (κ2) is 11.5. The highest BCUT2D eigenvalue weighted by molar-refractivity contribution is 6.29. The van der Waals surface area contributed by atoms with E-state index < -0.39 is 12.2 Å². The highest BCUT2D eigenvalue weighted by atomic mass is 16.6. The number of amides is 2. The van der Waals surface area contributed by atoms with Crippen LogP contribution in [0.4, 0.5) is 9.59 Å². The quantitative estimate of drug-likeness (QED) is 0.299. The first-order valence-electron chi connectivity index (χ1n) is 6.50. The van der Waals surface area contributed by atoms with Gasteiger partial charge >= 0.3 is 12.2 Å². The number of carbonyl (C=O) groups excluding carboxylic acids is 2. The molecule has 23 heavy (non-hydrogen) atoms. The largest absolute Gasteiger partial charge is 0.450 e. The van der Waals surface area contributed by atoms with E-state index in [1.165, 1.54) is 6.21 Å². The molecule has 6 N–H and O–H groups in total. The van der Waals surface area contributed by atoms with Gasteiger partial charge in [-0.2, -0.15) is 10.2 Å². The lowest BCUT2D eigenvalue weighted by Gasteiger charge is -2.02. The molecule has 0 rings (SSSR count). The number of carbonyl (C=O) groups is 2. The smallest absolute Gasteiger partial charge is 0.413 e. The molecule has 12 heteroatoms. The molecular weight excluding hydrogens is 308 g/mol. The Kier molecular flexibility index (Phi) is 9.89. The van der Waals surface area contributed by atoms with E-state index >= 15 is 0 Å². The molecule has 0 radical (unpaired) electrons. The lowest BCUT2D eigenvalue weighted by Crippen LogP contribution is -2.37. The Bertz CT molecular complexity index is 526. The fourth-order valence-corrected chi connectivity index (χ4v) is 0.927. The van der Waals surface area contributed by atoms with Crippen LogP contribution in [-0.2, 0) is 9.47 Å². The first-order valence-corrected chi connectivity index (χ1v) is 6.50. The van der Waals surface area contributed by atoms with Gasteiger partial charge in [0.05, 0.1) is 25.1 Å². The van der Waals surface area contributed by atoms with Gasteiger partial charge in [0, 0.05) is 0 Å². The summed E-state index contributed by atoms with van der Waals surface area (Å²) >= 11 is 0. The first kappa shape index (κ1) is 19.8. The van der Waals surface area contributed by atoms with Crippen LogP contribution in [-0.4, -0.2) is 49.2 Å². The maximum absolute atomic E-state index is 11.0. The van der Waals surface area contributed by atoms with Crippen LogP contribution in [0, 0.1) is 0 Å². The van der Waals surface area contributed by atoms with Crippen LogP contribution in [0.5, 0.6) is 0 Å². The number of nitrogens with zero attached hydrogens (tertiary/aromatic N) is 4. The molecule has 0 atom stereocenters. The minimum absolute atomic E-state index is 0.202. The van der Waals surface area contributed by atoms with Crippen molar-refractivity contribution >= 4 is 36.0 Å². The fourth-order valence-electron chi connectivity index (χ4n) is 0.927. The van der Waals surface area contributed by atoms with Crippen molar-refractivity contribution in [2.75, 3.05) is 13.2 Å². The van der Waals surface area contributed by atoms with Gasteiger partial charge in [-0.25, -0.2) is 9.59 Å². The molecule has 0 spiro atoms. The molecule has 12 nitrogen and oxygen atoms in total. The van der Waals surface area contributed by atoms with Crippen LogP contribution >= 0.6 is 0 Å². The maximum Gasteiger partial charge on any atom is 0.413 e. The molecule has 0 saturated heterocycles. The molecule has 0 aliphatic heterocycles. The number of hydrogen-bond acceptors (Lipinski definition) is 8. The molecule has 0 aromatic heterocycles. The number of rotatable bonds is 5. The van der Waals surface area contributed by atoms with E-state index in [1.807, 2.05) is 0 Å². The summed E-state index contributed by atoms with van der Waals surface area (Å²) in [5.74, 6) is -0.498. The minimum atomic E-state index is -0.739. The Balaban J connectivity index is 4.47. The molecule has 0 aliphatic carbocycles. The second-order valence-electron chi connectivity index (χ2n) is 3.65. The normalized spacial score (nSPS) is 12.9. The lowest BCUT2D eigenvalue weighted by atomic mass is 10.5. The van der Waals surface area contributed by atoms with Crippen molar-refractivity contribution in [3.05, 3.63) is 0 Å². The van der Waals surface area contributed by atoms with Crippen LogP contribution in [0.3, 0.4) is 0 Å². The molecule has 0 bridgehead atoms. The second-order valence-corrected chi connectivity index (χ2v) is 3.65. The van der Waals surface area contributed by atoms with Gasteiger partial charge in [0.1, 0.15) is 0 Å². The Morgan fingerprint density at radius 2 is 1.43 bits per heavy atom. The summed E-state index contributed by atoms with van der Waals surface area (Å²) in [6, 6.07) is 0. The zero-order valence-electron chi connectivity index (χ0n) is 13.1. The van der Waals surface area contributed by atoms with Gasteiger partial charge in [0.15, 0.2) is 0 Å². The van der Waals surface area contributed by atoms with Crippen LogP contribution < -0.4 is 22.1 Å². The molecule has 0 aliphatic rings. The van der Waals surface area contributed by atoms with Crippen molar-refractivity contribution < 1.29 is 19.1 Å². The zero-order chi connectivity index (χ0) is 17.7. The average molecular weight is 328 g/mol. The van der Waals surface area contributed by atoms with Gasteiger partial charge in [-0.15, -0.1) is 10.2 Å². The van der Waals surface area contributed by atoms with Gasteiger partial charge < -0.3 is 20.9 Å². The molecular formula is C11H20N8O4. The summed E-state index contributed by atoms with van der Waals surface area (Å²) in [7, 11) is 0. The molecule has 128 valence electrons. The molecule has 0 aromatic rings. The van der Waals surface area contributed by atoms with Crippen molar-refractivity contribution in [2.45, 2.75) is 20.8 Å². The third-order valence-corrected chi connectivity index (χ3v) is 1.74. The third-order valence-electron chi connectivity index (χ3n) is 1.74. The fraction of sp³-hybridized carbons (Fsp3) is 0.455. The summed E-state index contributed by atoms with van der Waals surface area (Å²) in [6.45, 7) is 5.25. The van der Waals surface area contributed by atoms with E-state index in [2.05, 4.69) is 40.5 Å². The van der Waals surface area contributed by atoms with Gasteiger partial charge in [-0.1, -0.05) is 0 Å². The van der Waals surface area contributed by atoms with E-state index in [1.54, 1.807) is 20.8 Å². The predicted octanol–water partition coefficient (Wildman–Crippen LogP) is -0.530. The Morgan fingerprint density at radius 3 is 1.91 bits per heavy atom. The van der Waals surface area contributed by atoms with Crippen molar-refractivity contribution in [2.24, 2.45) is 31.9 Å². The lowest BCUT2D eigenvalue weighted by molar-refractivity contribution is 0.156. The Morgan fingerprint density at radius 1 is 0.957 bits per heavy atom. The molecule has 0 aromatic carbocycles. The number of ether oxygens (including phenoxy) is 2. The van der Waals surface area contributed by atoms with Gasteiger partial charge in [-0.05, 0) is 20.8 Å². The van der Waals surface area contributed by atoms with E-state index in [0.717, 1.165) is 0 Å². The van der Waals surface area contributed by atoms with Crippen LogP contribution in [0.15, 0.2) is 20.4 Å². The van der Waals surface area contributed by atoms with Crippen molar-refractivity contribution in [1.29, 1.82) is 0 Å². The zero-order valence-corrected chi connectivity index (χ0v) is 13.1. The standard InChI is InChI=1S/C11H20N8O4/c1-4-22-10(20)15-8(12)18-14-6-7(3)17-19-9(13)16-11(21)23-5-2/h6H,4-5H2,1-3H3,(H3,12,15,18,20)(H3,13,16,19,21). The molecule has 0 unspecified atom stereocenters. The maximum atomic E-state index is 11.0. The summed E-state index contributed by atoms with van der Waals surface area (Å²) in [5.41, 5.74) is 11.1. The van der Waals surface area contributed by atoms with E-state index in [-0.39, 0.29) is 25.1 Å². The minimum Gasteiger partial charge on any atom is -0.450 e. The van der Waals surface area contributed by atoms with E-state index in [4.69, 9.17) is 11.5 Å². The topological polar surface area (TPSA) is 178 Å². The third kappa shape index (κ3) is 11.2. The van der Waals surface area contributed by atoms with Gasteiger partial charge in [0.2, 0.25) is 11.9 Å². The number of alkyl carbamates (subject to hydrolysis) is 2. The predicted molar refractivity (Wildman–Crippen MR) is 85.2 cm³/mol. The van der Waals surface area contributed by atoms with Crippen molar-refractivity contribution in [3.8, 4) is 0 Å². The van der Waals surface area contributed by atoms with Crippen LogP contribution in [0.2, 0.25) is 0 Å². The highest BCUT2D eigenvalue weighted by Crippen LogP contribution is 1.81. The average Bonchev–Trinajstić information content (AvgIpc) is 2.45. The van der Waals surface area contributed by atoms with E-state index in [9.17, 15) is 9.59 Å². The number of nitrogens with two attached hydrogens (primary N) is 2. The Hall–Kier alpha value is -3.18. The van der Waals surface area contributed by atoms with Gasteiger partial charge in [-0.3, -0.25) is 10.6 Å². The summed E-state index contributed by atoms with van der Waals surface area (Å²) < 4.78 is 9.19. The highest BCUT2D eigenvalue weighted by Gasteiger charge is 2.02. The summed E-state index contributed by atoms with van der Waals surface area (Å²) in [5, 5.41) is 18.5. The summed E-state index contributed by atoms with van der Waals surface area (Å²) in [4.78, 5) is 22.1. The molecule has 0 saturated carbocycles. The number of hydrogen-bond donors (Lipinski definition) is 4. The Labute approximate surface area is 132 Å². The molecule has 2 amide bonds. The van der Waals surface area contributed by atoms with Crippen LogP contribution in [0.25, 0.3) is 0 Å². The molecule has 0 fully saturated rings. The number of guanidine groups is 2. The van der Waals surface area contributed by atoms with E-state index in [0.29, 0.717) is 5.71 Å². The SMILES string of the molecule is CCOC(=O)NC(N)=NN=CC(C)=NN=C(N)NC(=O)OCC. The molecule has 0 heterocycles. The number of nitrogens with one attached hydrogen (secondary N) is 2. The summed E-state index contributed by atoms with van der Waals surface area (Å²) in [6.07, 6.45) is -0.268. The monoisotopic (exact) mass is 328 g/mol. The van der Waals surface area contributed by atoms with Crippen LogP contribution in [0.1, 0.15) is 20.8 Å². The van der Waals surface area contributed by atoms with Crippen molar-refractivity contribution in [1.82, 2.24) is 10.6 Å². The van der Waals surface area contributed by atoms with Gasteiger partial charge in [0.25, 0.3) is 0 Å². The first-order chi connectivity index (χ1) is 10.9. The van der Waals surface area contributed by atoms with Crippen molar-refractivity contribution in [3.63, 3.8) is 0 Å².